The number of nitrogens with zero attached hydrogens (tertiary/aromatic N) is 4. The van der Waals surface area contributed by atoms with Gasteiger partial charge in [-0.05, 0) is 37.3 Å². The lowest BCUT2D eigenvalue weighted by molar-refractivity contribution is 0.101. The molecule has 0 radical (unpaired) electrons. The number of aromatic nitrogens is 4. The van der Waals surface area contributed by atoms with Crippen LogP contribution >= 0.6 is 0 Å². The van der Waals surface area contributed by atoms with Crippen LogP contribution < -0.4 is 21.9 Å². The van der Waals surface area contributed by atoms with Crippen LogP contribution in [0.3, 0.4) is 0 Å². The van der Waals surface area contributed by atoms with Crippen LogP contribution in [0.1, 0.15) is 17.3 Å². The van der Waals surface area contributed by atoms with Gasteiger partial charge in [0.1, 0.15) is 0 Å². The van der Waals surface area contributed by atoms with Crippen LogP contribution in [0.4, 0.5) is 16.2 Å². The Bertz CT molecular complexity index is 1520. The number of rotatable bonds is 9. The quantitative estimate of drug-likeness (QED) is 0.347. The number of urea groups is 1. The van der Waals surface area contributed by atoms with E-state index in [1.807, 2.05) is 4.57 Å². The van der Waals surface area contributed by atoms with E-state index < -0.39 is 17.3 Å². The largest absolute Gasteiger partial charge is 0.383 e. The second-order valence-electron chi connectivity index (χ2n) is 8.13. The third-order valence-electron chi connectivity index (χ3n) is 5.67. The van der Waals surface area contributed by atoms with Gasteiger partial charge in [0, 0.05) is 49.5 Å². The first-order chi connectivity index (χ1) is 17.4. The summed E-state index contributed by atoms with van der Waals surface area (Å²) in [6.07, 6.45) is 5.10. The number of ether oxygens (including phenoxy) is 1. The molecule has 2 aromatic heterocycles. The maximum atomic E-state index is 13.2. The van der Waals surface area contributed by atoms with E-state index in [1.165, 1.54) is 18.6 Å². The number of amides is 2. The Labute approximate surface area is 206 Å². The van der Waals surface area contributed by atoms with Gasteiger partial charge in [-0.2, -0.15) is 0 Å². The number of hydrogen-bond acceptors (Lipinski definition) is 6. The summed E-state index contributed by atoms with van der Waals surface area (Å²) in [5, 5.41) is 5.66. The van der Waals surface area contributed by atoms with Gasteiger partial charge in [0.05, 0.1) is 30.4 Å². The molecule has 0 aliphatic rings. The fourth-order valence-corrected chi connectivity index (χ4v) is 3.84. The monoisotopic (exact) mass is 490 g/mol. The molecule has 0 saturated heterocycles. The molecule has 36 heavy (non-hydrogen) atoms. The Morgan fingerprint density at radius 2 is 1.75 bits per heavy atom. The Morgan fingerprint density at radius 1 is 0.972 bits per heavy atom. The number of methoxy groups -OCH3 is 1. The molecule has 0 fully saturated rings. The molecule has 0 saturated carbocycles. The Morgan fingerprint density at radius 3 is 2.44 bits per heavy atom. The highest BCUT2D eigenvalue weighted by molar-refractivity contribution is 6.02. The Balaban J connectivity index is 1.65. The van der Waals surface area contributed by atoms with Crippen molar-refractivity contribution in [1.82, 2.24) is 18.7 Å². The van der Waals surface area contributed by atoms with Crippen LogP contribution in [0.25, 0.3) is 10.9 Å². The van der Waals surface area contributed by atoms with Crippen LogP contribution in [-0.2, 0) is 24.4 Å². The zero-order valence-electron chi connectivity index (χ0n) is 19.9. The summed E-state index contributed by atoms with van der Waals surface area (Å²) in [5.41, 5.74) is 0.856. The van der Waals surface area contributed by atoms with Gasteiger partial charge in [-0.15, -0.1) is 0 Å². The van der Waals surface area contributed by atoms with Crippen LogP contribution in [0, 0.1) is 0 Å². The molecule has 186 valence electrons. The molecule has 2 amide bonds. The van der Waals surface area contributed by atoms with Gasteiger partial charge in [0.2, 0.25) is 0 Å². The van der Waals surface area contributed by atoms with Crippen molar-refractivity contribution >= 4 is 34.1 Å². The Hall–Kier alpha value is -4.51. The molecule has 11 heteroatoms. The molecule has 0 spiro atoms. The number of anilines is 2. The number of imidazole rings is 1. The van der Waals surface area contributed by atoms with Crippen molar-refractivity contribution in [3.05, 3.63) is 87.6 Å². The fraction of sp³-hybridized carbons (Fsp3) is 0.240. The third kappa shape index (κ3) is 5.41. The molecule has 4 aromatic rings. The van der Waals surface area contributed by atoms with E-state index in [-0.39, 0.29) is 24.3 Å². The van der Waals surface area contributed by atoms with Crippen molar-refractivity contribution in [3.8, 4) is 0 Å². The number of carbonyl (C=O) groups is 2. The molecular formula is C25H26N6O5. The minimum Gasteiger partial charge on any atom is -0.383 e. The van der Waals surface area contributed by atoms with Crippen LogP contribution in [0.5, 0.6) is 0 Å². The summed E-state index contributed by atoms with van der Waals surface area (Å²) in [6, 6.07) is 10.8. The number of nitrogens with one attached hydrogen (secondary N) is 2. The van der Waals surface area contributed by atoms with Gasteiger partial charge >= 0.3 is 11.7 Å². The molecule has 0 aliphatic carbocycles. The van der Waals surface area contributed by atoms with Gasteiger partial charge in [-0.3, -0.25) is 18.7 Å². The molecule has 2 heterocycles. The summed E-state index contributed by atoms with van der Waals surface area (Å²) in [4.78, 5) is 54.5. The molecule has 0 bridgehead atoms. The fourth-order valence-electron chi connectivity index (χ4n) is 3.84. The summed E-state index contributed by atoms with van der Waals surface area (Å²) < 4.78 is 9.58. The summed E-state index contributed by atoms with van der Waals surface area (Å²) in [6.45, 7) is 2.54. The normalized spacial score (nSPS) is 10.9. The predicted molar refractivity (Wildman–Crippen MR) is 136 cm³/mol. The van der Waals surface area contributed by atoms with Crippen molar-refractivity contribution in [2.24, 2.45) is 0 Å². The van der Waals surface area contributed by atoms with Gasteiger partial charge in [-0.1, -0.05) is 12.1 Å². The number of fused-ring (bicyclic) bond motifs is 1. The van der Waals surface area contributed by atoms with Crippen molar-refractivity contribution in [2.45, 2.75) is 26.6 Å². The number of carbonyl (C=O) groups excluding carboxylic acids is 2. The predicted octanol–water partition coefficient (Wildman–Crippen LogP) is 2.55. The first kappa shape index (κ1) is 24.6. The van der Waals surface area contributed by atoms with Crippen LogP contribution in [-0.4, -0.2) is 44.2 Å². The number of hydrogen-bond donors (Lipinski definition) is 2. The standard InChI is InChI=1S/C25H26N6O5/c1-17(32)18-4-3-5-19(14-18)27-24(34)28-20-6-7-22-21(15-20)23(33)31(12-13-36-2)25(35)30(22)11-10-29-9-8-26-16-29/h3-9,14-16H,10-13H2,1-2H3,(H2,27,28,34). The van der Waals surface area contributed by atoms with Crippen molar-refractivity contribution < 1.29 is 14.3 Å². The van der Waals surface area contributed by atoms with Gasteiger partial charge < -0.3 is 19.9 Å². The molecule has 11 nitrogen and oxygen atoms in total. The van der Waals surface area contributed by atoms with E-state index in [0.29, 0.717) is 35.5 Å². The number of Topliss-reactive ketones (excluding diaryl/α,β-unsaturated/α-hetero) is 1. The van der Waals surface area contributed by atoms with E-state index in [9.17, 15) is 19.2 Å². The smallest absolute Gasteiger partial charge is 0.331 e. The molecular weight excluding hydrogens is 464 g/mol. The van der Waals surface area contributed by atoms with Crippen molar-refractivity contribution in [2.75, 3.05) is 24.4 Å². The second kappa shape index (κ2) is 10.8. The first-order valence-electron chi connectivity index (χ1n) is 11.3. The Kier molecular flexibility index (Phi) is 7.40. The first-order valence-corrected chi connectivity index (χ1v) is 11.3. The molecule has 2 N–H and O–H groups in total. The van der Waals surface area contributed by atoms with Gasteiger partial charge in [-0.25, -0.2) is 14.6 Å². The summed E-state index contributed by atoms with van der Waals surface area (Å²) >= 11 is 0. The molecule has 4 rings (SSSR count). The number of benzene rings is 2. The van der Waals surface area contributed by atoms with E-state index in [2.05, 4.69) is 15.6 Å². The average molecular weight is 491 g/mol. The van der Waals surface area contributed by atoms with Gasteiger partial charge in [0.15, 0.2) is 5.78 Å². The molecule has 2 aromatic carbocycles. The SMILES string of the molecule is COCCn1c(=O)c2cc(NC(=O)Nc3cccc(C(C)=O)c3)ccc2n(CCn2ccnc2)c1=O. The lowest BCUT2D eigenvalue weighted by Crippen LogP contribution is -2.41. The van der Waals surface area contributed by atoms with E-state index >= 15 is 0 Å². The van der Waals surface area contributed by atoms with Crippen LogP contribution in [0.2, 0.25) is 0 Å². The highest BCUT2D eigenvalue weighted by Crippen LogP contribution is 2.17. The molecule has 0 unspecified atom stereocenters. The van der Waals surface area contributed by atoms with Gasteiger partial charge in [0.25, 0.3) is 5.56 Å². The lowest BCUT2D eigenvalue weighted by atomic mass is 10.1. The van der Waals surface area contributed by atoms with E-state index in [1.54, 1.807) is 61.2 Å². The zero-order valence-corrected chi connectivity index (χ0v) is 19.9. The highest BCUT2D eigenvalue weighted by atomic mass is 16.5. The number of aryl methyl sites for hydroxylation is 2. The maximum Gasteiger partial charge on any atom is 0.331 e. The summed E-state index contributed by atoms with van der Waals surface area (Å²) in [7, 11) is 1.50. The lowest BCUT2D eigenvalue weighted by Gasteiger charge is -2.15. The maximum absolute atomic E-state index is 13.2. The molecule has 0 atom stereocenters. The minimum absolute atomic E-state index is 0.0970. The average Bonchev–Trinajstić information content (AvgIpc) is 3.38. The number of ketones is 1. The second-order valence-corrected chi connectivity index (χ2v) is 8.13. The van der Waals surface area contributed by atoms with Crippen molar-refractivity contribution in [1.29, 1.82) is 0 Å². The van der Waals surface area contributed by atoms with E-state index in [4.69, 9.17) is 4.74 Å². The zero-order chi connectivity index (χ0) is 25.7. The summed E-state index contributed by atoms with van der Waals surface area (Å²) in [5.74, 6) is -0.113. The highest BCUT2D eigenvalue weighted by Gasteiger charge is 2.15. The third-order valence-corrected chi connectivity index (χ3v) is 5.67. The van der Waals surface area contributed by atoms with Crippen LogP contribution in [0.15, 0.2) is 70.8 Å². The van der Waals surface area contributed by atoms with Crippen molar-refractivity contribution in [3.63, 3.8) is 0 Å². The molecule has 0 aliphatic heterocycles. The topological polar surface area (TPSA) is 129 Å². The van der Waals surface area contributed by atoms with E-state index in [0.717, 1.165) is 4.57 Å². The minimum atomic E-state index is -0.539.